The molecule has 0 aliphatic rings. The molecule has 2 aromatic carbocycles. The first kappa shape index (κ1) is 14.1. The van der Waals surface area contributed by atoms with Crippen molar-refractivity contribution in [2.45, 2.75) is 12.8 Å². The standard InChI is InChI=1S/C18H15NO3/c20-17-8-4-1-5-12(17)9-16-15-7-3-2-6-14(15)13(11-19-16)10-18(21)22/h1-8,11,20H,9-10H2,(H,21,22). The summed E-state index contributed by atoms with van der Waals surface area (Å²) in [6, 6.07) is 14.8. The number of pyridine rings is 1. The number of rotatable bonds is 4. The number of aliphatic carboxylic acids is 1. The van der Waals surface area contributed by atoms with Crippen LogP contribution in [0.25, 0.3) is 10.8 Å². The maximum Gasteiger partial charge on any atom is 0.307 e. The fourth-order valence-corrected chi connectivity index (χ4v) is 2.60. The number of hydrogen-bond acceptors (Lipinski definition) is 3. The quantitative estimate of drug-likeness (QED) is 0.775. The second-order valence-electron chi connectivity index (χ2n) is 5.15. The molecule has 0 saturated heterocycles. The Labute approximate surface area is 127 Å². The van der Waals surface area contributed by atoms with Gasteiger partial charge in [0.15, 0.2) is 0 Å². The van der Waals surface area contributed by atoms with Gasteiger partial charge < -0.3 is 10.2 Å². The topological polar surface area (TPSA) is 70.4 Å². The van der Waals surface area contributed by atoms with Crippen molar-refractivity contribution in [3.05, 3.63) is 71.5 Å². The Hall–Kier alpha value is -2.88. The van der Waals surface area contributed by atoms with Crippen molar-refractivity contribution in [3.8, 4) is 5.75 Å². The molecule has 3 aromatic rings. The summed E-state index contributed by atoms with van der Waals surface area (Å²) in [7, 11) is 0. The zero-order valence-corrected chi connectivity index (χ0v) is 11.9. The molecule has 0 bridgehead atoms. The van der Waals surface area contributed by atoms with Crippen LogP contribution in [-0.4, -0.2) is 21.2 Å². The number of carbonyl (C=O) groups is 1. The molecule has 1 heterocycles. The van der Waals surface area contributed by atoms with Gasteiger partial charge in [-0.2, -0.15) is 0 Å². The van der Waals surface area contributed by atoms with Gasteiger partial charge in [-0.25, -0.2) is 0 Å². The summed E-state index contributed by atoms with van der Waals surface area (Å²) in [6.07, 6.45) is 2.07. The molecule has 110 valence electrons. The van der Waals surface area contributed by atoms with E-state index in [2.05, 4.69) is 4.98 Å². The van der Waals surface area contributed by atoms with Crippen LogP contribution in [-0.2, 0) is 17.6 Å². The van der Waals surface area contributed by atoms with Gasteiger partial charge in [-0.3, -0.25) is 9.78 Å². The molecule has 0 aliphatic carbocycles. The maximum absolute atomic E-state index is 11.0. The Morgan fingerprint density at radius 1 is 0.955 bits per heavy atom. The third kappa shape index (κ3) is 2.76. The van der Waals surface area contributed by atoms with Crippen LogP contribution in [0.2, 0.25) is 0 Å². The molecule has 22 heavy (non-hydrogen) atoms. The van der Waals surface area contributed by atoms with Gasteiger partial charge in [0.05, 0.1) is 12.1 Å². The fourth-order valence-electron chi connectivity index (χ4n) is 2.60. The Morgan fingerprint density at radius 3 is 2.36 bits per heavy atom. The van der Waals surface area contributed by atoms with E-state index in [9.17, 15) is 9.90 Å². The van der Waals surface area contributed by atoms with Gasteiger partial charge in [0.2, 0.25) is 0 Å². The summed E-state index contributed by atoms with van der Waals surface area (Å²) in [6.45, 7) is 0. The zero-order chi connectivity index (χ0) is 15.5. The van der Waals surface area contributed by atoms with Crippen molar-refractivity contribution in [1.29, 1.82) is 0 Å². The van der Waals surface area contributed by atoms with Crippen LogP contribution in [0.15, 0.2) is 54.7 Å². The molecule has 2 N–H and O–H groups in total. The van der Waals surface area contributed by atoms with Crippen molar-refractivity contribution in [2.75, 3.05) is 0 Å². The second kappa shape index (κ2) is 5.85. The van der Waals surface area contributed by atoms with Crippen LogP contribution in [0.3, 0.4) is 0 Å². The van der Waals surface area contributed by atoms with Gasteiger partial charge in [0.1, 0.15) is 5.75 Å². The van der Waals surface area contributed by atoms with Crippen molar-refractivity contribution in [3.63, 3.8) is 0 Å². The molecule has 0 saturated carbocycles. The Bertz CT molecular complexity index is 843. The summed E-state index contributed by atoms with van der Waals surface area (Å²) < 4.78 is 0. The first-order chi connectivity index (χ1) is 10.6. The first-order valence-corrected chi connectivity index (χ1v) is 6.99. The summed E-state index contributed by atoms with van der Waals surface area (Å²) in [4.78, 5) is 15.4. The van der Waals surface area contributed by atoms with E-state index in [0.29, 0.717) is 12.0 Å². The van der Waals surface area contributed by atoms with E-state index in [4.69, 9.17) is 5.11 Å². The lowest BCUT2D eigenvalue weighted by molar-refractivity contribution is -0.136. The fraction of sp³-hybridized carbons (Fsp3) is 0.111. The number of phenols is 1. The highest BCUT2D eigenvalue weighted by Crippen LogP contribution is 2.26. The van der Waals surface area contributed by atoms with Gasteiger partial charge in [-0.05, 0) is 22.6 Å². The molecule has 0 spiro atoms. The monoisotopic (exact) mass is 293 g/mol. The van der Waals surface area contributed by atoms with E-state index in [0.717, 1.165) is 22.0 Å². The van der Waals surface area contributed by atoms with Gasteiger partial charge in [0.25, 0.3) is 0 Å². The summed E-state index contributed by atoms with van der Waals surface area (Å²) in [5.74, 6) is -0.636. The second-order valence-corrected chi connectivity index (χ2v) is 5.15. The number of phenolic OH excluding ortho intramolecular Hbond substituents is 1. The molecule has 0 radical (unpaired) electrons. The van der Waals surface area contributed by atoms with Gasteiger partial charge in [-0.15, -0.1) is 0 Å². The average Bonchev–Trinajstić information content (AvgIpc) is 2.51. The molecule has 4 heteroatoms. The van der Waals surface area contributed by atoms with Crippen LogP contribution >= 0.6 is 0 Å². The number of benzene rings is 2. The average molecular weight is 293 g/mol. The Balaban J connectivity index is 2.08. The highest BCUT2D eigenvalue weighted by molar-refractivity contribution is 5.90. The molecule has 3 rings (SSSR count). The normalized spacial score (nSPS) is 10.7. The Morgan fingerprint density at radius 2 is 1.64 bits per heavy atom. The molecule has 0 amide bonds. The number of hydrogen-bond donors (Lipinski definition) is 2. The number of carboxylic acid groups (broad SMARTS) is 1. The minimum absolute atomic E-state index is 0.0512. The lowest BCUT2D eigenvalue weighted by Crippen LogP contribution is -2.03. The third-order valence-electron chi connectivity index (χ3n) is 3.65. The molecular formula is C18H15NO3. The smallest absolute Gasteiger partial charge is 0.307 e. The largest absolute Gasteiger partial charge is 0.508 e. The van der Waals surface area contributed by atoms with Crippen molar-refractivity contribution in [2.24, 2.45) is 0 Å². The van der Waals surface area contributed by atoms with E-state index in [1.54, 1.807) is 18.3 Å². The van der Waals surface area contributed by atoms with Crippen LogP contribution in [0.1, 0.15) is 16.8 Å². The lowest BCUT2D eigenvalue weighted by atomic mass is 9.99. The SMILES string of the molecule is O=C(O)Cc1cnc(Cc2ccccc2O)c2ccccc12. The minimum Gasteiger partial charge on any atom is -0.508 e. The van der Waals surface area contributed by atoms with Crippen molar-refractivity contribution >= 4 is 16.7 Å². The van der Waals surface area contributed by atoms with Crippen molar-refractivity contribution in [1.82, 2.24) is 4.98 Å². The predicted molar refractivity (Wildman–Crippen MR) is 84.0 cm³/mol. The van der Waals surface area contributed by atoms with Crippen LogP contribution in [0, 0.1) is 0 Å². The molecule has 0 atom stereocenters. The number of nitrogens with zero attached hydrogens (tertiary/aromatic N) is 1. The van der Waals surface area contributed by atoms with Crippen LogP contribution in [0.5, 0.6) is 5.75 Å². The van der Waals surface area contributed by atoms with E-state index in [1.807, 2.05) is 36.4 Å². The Kier molecular flexibility index (Phi) is 3.74. The zero-order valence-electron chi connectivity index (χ0n) is 11.9. The molecule has 4 nitrogen and oxygen atoms in total. The third-order valence-corrected chi connectivity index (χ3v) is 3.65. The van der Waals surface area contributed by atoms with E-state index in [1.165, 1.54) is 0 Å². The molecular weight excluding hydrogens is 278 g/mol. The van der Waals surface area contributed by atoms with Gasteiger partial charge in [-0.1, -0.05) is 42.5 Å². The maximum atomic E-state index is 11.0. The van der Waals surface area contributed by atoms with Gasteiger partial charge in [0, 0.05) is 18.0 Å². The van der Waals surface area contributed by atoms with E-state index < -0.39 is 5.97 Å². The molecule has 0 unspecified atom stereocenters. The number of aromatic hydroxyl groups is 1. The van der Waals surface area contributed by atoms with Crippen LogP contribution < -0.4 is 0 Å². The van der Waals surface area contributed by atoms with E-state index >= 15 is 0 Å². The molecule has 0 aliphatic heterocycles. The van der Waals surface area contributed by atoms with E-state index in [-0.39, 0.29) is 12.2 Å². The minimum atomic E-state index is -0.875. The highest BCUT2D eigenvalue weighted by atomic mass is 16.4. The highest BCUT2D eigenvalue weighted by Gasteiger charge is 2.11. The molecule has 1 aromatic heterocycles. The molecule has 0 fully saturated rings. The predicted octanol–water partition coefficient (Wildman–Crippen LogP) is 3.16. The van der Waals surface area contributed by atoms with Crippen LogP contribution in [0.4, 0.5) is 0 Å². The number of carboxylic acids is 1. The lowest BCUT2D eigenvalue weighted by Gasteiger charge is -2.10. The summed E-state index contributed by atoms with van der Waals surface area (Å²) in [5, 5.41) is 20.7. The number of para-hydroxylation sites is 1. The number of fused-ring (bicyclic) bond motifs is 1. The summed E-state index contributed by atoms with van der Waals surface area (Å²) in [5.41, 5.74) is 2.32. The number of aromatic nitrogens is 1. The first-order valence-electron chi connectivity index (χ1n) is 6.99. The van der Waals surface area contributed by atoms with Gasteiger partial charge >= 0.3 is 5.97 Å². The van der Waals surface area contributed by atoms with Crippen molar-refractivity contribution < 1.29 is 15.0 Å². The summed E-state index contributed by atoms with van der Waals surface area (Å²) >= 11 is 0.